The largest absolute Gasteiger partial charge is 0.489 e. The first-order valence-electron chi connectivity index (χ1n) is 10.8. The van der Waals surface area contributed by atoms with Gasteiger partial charge in [0.25, 0.3) is 0 Å². The maximum absolute atomic E-state index is 13.9. The molecule has 1 heterocycles. The van der Waals surface area contributed by atoms with Crippen molar-refractivity contribution in [1.29, 1.82) is 0 Å². The minimum Gasteiger partial charge on any atom is -0.489 e. The summed E-state index contributed by atoms with van der Waals surface area (Å²) in [5.41, 5.74) is 2.71. The van der Waals surface area contributed by atoms with E-state index in [1.807, 2.05) is 54.6 Å². The van der Waals surface area contributed by atoms with Crippen LogP contribution in [0.2, 0.25) is 0 Å². The van der Waals surface area contributed by atoms with Crippen LogP contribution in [0.3, 0.4) is 0 Å². The van der Waals surface area contributed by atoms with Crippen molar-refractivity contribution >= 4 is 21.4 Å². The number of ether oxygens (including phenoxy) is 2. The summed E-state index contributed by atoms with van der Waals surface area (Å²) in [6, 6.07) is 24.1. The normalized spacial score (nSPS) is 15.9. The molecule has 0 aromatic heterocycles. The van der Waals surface area contributed by atoms with Crippen molar-refractivity contribution in [2.75, 3.05) is 17.5 Å². The minimum absolute atomic E-state index is 0.0727. The number of sulfonamides is 1. The van der Waals surface area contributed by atoms with E-state index in [2.05, 4.69) is 20.8 Å². The third-order valence-corrected chi connectivity index (χ3v) is 6.98. The number of nitrogens with zero attached hydrogens (tertiary/aromatic N) is 1. The van der Waals surface area contributed by atoms with E-state index in [1.54, 1.807) is 24.3 Å². The fourth-order valence-corrected chi connectivity index (χ4v) is 5.41. The van der Waals surface area contributed by atoms with Crippen molar-refractivity contribution in [3.63, 3.8) is 0 Å². The Hall–Kier alpha value is -2.83. The lowest BCUT2D eigenvalue weighted by atomic mass is 9.84. The number of anilines is 2. The molecule has 32 heavy (non-hydrogen) atoms. The fraction of sp³-hybridized carbons (Fsp3) is 0.308. The lowest BCUT2D eigenvalue weighted by molar-refractivity contribution is 0.264. The van der Waals surface area contributed by atoms with Gasteiger partial charge in [0.05, 0.1) is 23.7 Å². The van der Waals surface area contributed by atoms with Crippen molar-refractivity contribution in [1.82, 2.24) is 0 Å². The molecule has 1 fully saturated rings. The van der Waals surface area contributed by atoms with Gasteiger partial charge in [-0.05, 0) is 40.8 Å². The van der Waals surface area contributed by atoms with Gasteiger partial charge in [-0.2, -0.15) is 0 Å². The molecular formula is C26H29NO4S. The van der Waals surface area contributed by atoms with Gasteiger partial charge in [0.15, 0.2) is 0 Å². The average Bonchev–Trinajstić information content (AvgIpc) is 3.58. The molecule has 1 aliphatic rings. The highest BCUT2D eigenvalue weighted by atomic mass is 32.2. The van der Waals surface area contributed by atoms with Crippen molar-refractivity contribution in [3.05, 3.63) is 90.0 Å². The van der Waals surface area contributed by atoms with Gasteiger partial charge in [-0.15, -0.1) is 0 Å². The van der Waals surface area contributed by atoms with E-state index in [9.17, 15) is 8.42 Å². The summed E-state index contributed by atoms with van der Waals surface area (Å²) in [5, 5.41) is 0. The Kier molecular flexibility index (Phi) is 6.26. The van der Waals surface area contributed by atoms with E-state index in [-0.39, 0.29) is 17.3 Å². The Morgan fingerprint density at radius 2 is 1.56 bits per heavy atom. The Morgan fingerprint density at radius 1 is 0.938 bits per heavy atom. The molecule has 4 rings (SSSR count). The minimum atomic E-state index is -3.79. The standard InChI is InChI=1S/C26H29NO4S/c1-26(2,3)23-14-8-7-11-20(23)19-32(28,29)27(21-12-5-4-6-13-21)24-15-9-10-16-25(24)31-18-22-17-30-22/h4-16,22H,17-19H2,1-3H3. The SMILES string of the molecule is CC(C)(C)c1ccccc1CS(=O)(=O)N(c1ccccc1)c1ccccc1OCC1CO1. The topological polar surface area (TPSA) is 59.1 Å². The first kappa shape index (κ1) is 22.4. The van der Waals surface area contributed by atoms with Crippen molar-refractivity contribution < 1.29 is 17.9 Å². The smallest absolute Gasteiger partial charge is 0.243 e. The van der Waals surface area contributed by atoms with Crippen molar-refractivity contribution in [2.24, 2.45) is 0 Å². The zero-order valence-electron chi connectivity index (χ0n) is 18.7. The second-order valence-electron chi connectivity index (χ2n) is 9.00. The van der Waals surface area contributed by atoms with Gasteiger partial charge in [-0.25, -0.2) is 12.7 Å². The first-order chi connectivity index (χ1) is 15.3. The maximum Gasteiger partial charge on any atom is 0.243 e. The van der Waals surface area contributed by atoms with Gasteiger partial charge in [0.2, 0.25) is 10.0 Å². The summed E-state index contributed by atoms with van der Waals surface area (Å²) in [6.45, 7) is 7.35. The van der Waals surface area contributed by atoms with Crippen LogP contribution in [0.25, 0.3) is 0 Å². The quantitative estimate of drug-likeness (QED) is 0.429. The molecule has 0 spiro atoms. The molecule has 5 nitrogen and oxygen atoms in total. The predicted molar refractivity (Wildman–Crippen MR) is 128 cm³/mol. The van der Waals surface area contributed by atoms with Gasteiger partial charge in [0, 0.05) is 0 Å². The Labute approximate surface area is 190 Å². The lowest BCUT2D eigenvalue weighted by Gasteiger charge is -2.28. The van der Waals surface area contributed by atoms with Gasteiger partial charge in [-0.3, -0.25) is 0 Å². The van der Waals surface area contributed by atoms with Crippen molar-refractivity contribution in [3.8, 4) is 5.75 Å². The highest BCUT2D eigenvalue weighted by Gasteiger charge is 2.30. The van der Waals surface area contributed by atoms with Crippen LogP contribution in [-0.4, -0.2) is 27.7 Å². The number of epoxide rings is 1. The second-order valence-corrected chi connectivity index (χ2v) is 10.8. The summed E-state index contributed by atoms with van der Waals surface area (Å²) in [4.78, 5) is 0. The molecular weight excluding hydrogens is 422 g/mol. The van der Waals surface area contributed by atoms with Crippen LogP contribution in [0.15, 0.2) is 78.9 Å². The number of hydrogen-bond acceptors (Lipinski definition) is 4. The number of benzene rings is 3. The molecule has 0 amide bonds. The predicted octanol–water partition coefficient (Wildman–Crippen LogP) is 5.43. The molecule has 3 aromatic carbocycles. The Balaban J connectivity index is 1.77. The highest BCUT2D eigenvalue weighted by Crippen LogP contribution is 2.38. The summed E-state index contributed by atoms with van der Waals surface area (Å²) >= 11 is 0. The first-order valence-corrected chi connectivity index (χ1v) is 12.4. The molecule has 3 aromatic rings. The monoisotopic (exact) mass is 451 g/mol. The van der Waals surface area contributed by atoms with Gasteiger partial charge in [0.1, 0.15) is 18.5 Å². The van der Waals surface area contributed by atoms with E-state index in [0.717, 1.165) is 11.1 Å². The molecule has 0 aliphatic carbocycles. The summed E-state index contributed by atoms with van der Waals surface area (Å²) in [7, 11) is -3.79. The summed E-state index contributed by atoms with van der Waals surface area (Å²) in [6.07, 6.45) is 0.0727. The molecule has 0 N–H and O–H groups in total. The van der Waals surface area contributed by atoms with E-state index in [4.69, 9.17) is 9.47 Å². The molecule has 0 saturated carbocycles. The third-order valence-electron chi connectivity index (χ3n) is 5.34. The molecule has 1 unspecified atom stereocenters. The van der Waals surface area contributed by atoms with Crippen LogP contribution in [0, 0.1) is 0 Å². The molecule has 1 saturated heterocycles. The maximum atomic E-state index is 13.9. The highest BCUT2D eigenvalue weighted by molar-refractivity contribution is 7.92. The Morgan fingerprint density at radius 3 is 2.25 bits per heavy atom. The van der Waals surface area contributed by atoms with Crippen LogP contribution in [0.5, 0.6) is 5.75 Å². The van der Waals surface area contributed by atoms with Gasteiger partial charge < -0.3 is 9.47 Å². The molecule has 0 bridgehead atoms. The molecule has 1 aliphatic heterocycles. The van der Waals surface area contributed by atoms with Crippen molar-refractivity contribution in [2.45, 2.75) is 38.0 Å². The molecule has 168 valence electrons. The zero-order valence-corrected chi connectivity index (χ0v) is 19.5. The molecule has 6 heteroatoms. The average molecular weight is 452 g/mol. The molecule has 1 atom stereocenters. The Bertz CT molecular complexity index is 1170. The van der Waals surface area contributed by atoms with E-state index < -0.39 is 10.0 Å². The second kappa shape index (κ2) is 8.96. The van der Waals surface area contributed by atoms with E-state index in [1.165, 1.54) is 4.31 Å². The van der Waals surface area contributed by atoms with Gasteiger partial charge >= 0.3 is 0 Å². The summed E-state index contributed by atoms with van der Waals surface area (Å²) < 4.78 is 40.5. The summed E-state index contributed by atoms with van der Waals surface area (Å²) in [5.74, 6) is 0.398. The van der Waals surface area contributed by atoms with Crippen LogP contribution in [0.4, 0.5) is 11.4 Å². The number of rotatable bonds is 8. The third kappa shape index (κ3) is 5.14. The fourth-order valence-electron chi connectivity index (χ4n) is 3.75. The lowest BCUT2D eigenvalue weighted by Crippen LogP contribution is -2.29. The zero-order chi connectivity index (χ0) is 22.8. The number of hydrogen-bond donors (Lipinski definition) is 0. The van der Waals surface area contributed by atoms with E-state index in [0.29, 0.717) is 30.3 Å². The van der Waals surface area contributed by atoms with Crippen LogP contribution >= 0.6 is 0 Å². The van der Waals surface area contributed by atoms with Gasteiger partial charge in [-0.1, -0.05) is 75.4 Å². The number of para-hydroxylation sites is 3. The molecule has 0 radical (unpaired) electrons. The van der Waals surface area contributed by atoms with Crippen LogP contribution in [-0.2, 0) is 25.9 Å². The van der Waals surface area contributed by atoms with Crippen LogP contribution < -0.4 is 9.04 Å². The van der Waals surface area contributed by atoms with Crippen LogP contribution in [0.1, 0.15) is 31.9 Å². The van der Waals surface area contributed by atoms with E-state index >= 15 is 0 Å².